The third-order valence-corrected chi connectivity index (χ3v) is 7.03. The predicted octanol–water partition coefficient (Wildman–Crippen LogP) is 4.04. The second kappa shape index (κ2) is 8.87. The highest BCUT2D eigenvalue weighted by atomic mass is 32.1. The lowest BCUT2D eigenvalue weighted by Crippen LogP contribution is -2.46. The van der Waals surface area contributed by atoms with E-state index < -0.39 is 8.80 Å². The second-order valence-corrected chi connectivity index (χ2v) is 8.19. The van der Waals surface area contributed by atoms with Crippen molar-refractivity contribution in [1.29, 1.82) is 0 Å². The van der Waals surface area contributed by atoms with E-state index in [1.165, 1.54) is 10.4 Å². The molecule has 0 fully saturated rings. The molecule has 110 valence electrons. The molecule has 0 unspecified atom stereocenters. The molecule has 19 heavy (non-hydrogen) atoms. The van der Waals surface area contributed by atoms with Gasteiger partial charge in [-0.2, -0.15) is 0 Å². The minimum atomic E-state index is -2.44. The van der Waals surface area contributed by atoms with Crippen LogP contribution in [0, 0.1) is 6.92 Å². The minimum absolute atomic E-state index is 0.656. The first kappa shape index (κ1) is 16.9. The maximum Gasteiger partial charge on any atom is 0.500 e. The van der Waals surface area contributed by atoms with Gasteiger partial charge in [0.15, 0.2) is 0 Å². The average molecular weight is 303 g/mol. The smallest absolute Gasteiger partial charge is 0.374 e. The van der Waals surface area contributed by atoms with Crippen LogP contribution in [0.3, 0.4) is 0 Å². The van der Waals surface area contributed by atoms with Crippen LogP contribution in [0.4, 0.5) is 0 Å². The Morgan fingerprint density at radius 3 is 2.05 bits per heavy atom. The summed E-state index contributed by atoms with van der Waals surface area (Å²) in [5.74, 6) is 0. The van der Waals surface area contributed by atoms with Gasteiger partial charge in [-0.1, -0.05) is 0 Å². The van der Waals surface area contributed by atoms with Crippen molar-refractivity contribution in [2.24, 2.45) is 0 Å². The summed E-state index contributed by atoms with van der Waals surface area (Å²) in [4.78, 5) is 1.41. The summed E-state index contributed by atoms with van der Waals surface area (Å²) in [5.41, 5.74) is 1.44. The predicted molar refractivity (Wildman–Crippen MR) is 82.8 cm³/mol. The minimum Gasteiger partial charge on any atom is -0.374 e. The van der Waals surface area contributed by atoms with E-state index in [0.717, 1.165) is 18.9 Å². The van der Waals surface area contributed by atoms with Crippen LogP contribution in [0.5, 0.6) is 0 Å². The van der Waals surface area contributed by atoms with Crippen molar-refractivity contribution >= 4 is 20.1 Å². The van der Waals surface area contributed by atoms with E-state index in [2.05, 4.69) is 18.4 Å². The van der Waals surface area contributed by atoms with Crippen LogP contribution in [0.1, 0.15) is 37.6 Å². The molecule has 0 atom stereocenters. The fourth-order valence-electron chi connectivity index (χ4n) is 2.17. The van der Waals surface area contributed by atoms with Gasteiger partial charge in [0.05, 0.1) is 0 Å². The quantitative estimate of drug-likeness (QED) is 0.611. The molecular weight excluding hydrogens is 276 g/mol. The monoisotopic (exact) mass is 302 g/mol. The maximum absolute atomic E-state index is 5.86. The summed E-state index contributed by atoms with van der Waals surface area (Å²) in [6, 6.07) is 3.11. The van der Waals surface area contributed by atoms with Gasteiger partial charge in [-0.25, -0.2) is 0 Å². The third kappa shape index (κ3) is 5.36. The Morgan fingerprint density at radius 2 is 1.63 bits per heavy atom. The molecule has 1 rings (SSSR count). The van der Waals surface area contributed by atoms with Crippen LogP contribution < -0.4 is 0 Å². The van der Waals surface area contributed by atoms with Crippen LogP contribution in [-0.4, -0.2) is 28.6 Å². The zero-order valence-corrected chi connectivity index (χ0v) is 14.3. The molecule has 0 aliphatic rings. The standard InChI is InChI=1S/C14H26O3SSi/c1-5-15-19(16-6-2,17-7-3)12-8-9-14-10-11-18-13(14)4/h10-11H,5-9,12H2,1-4H3. The SMILES string of the molecule is CCO[Si](CCCc1ccsc1C)(OCC)OCC. The van der Waals surface area contributed by atoms with Gasteiger partial charge in [0, 0.05) is 30.7 Å². The summed E-state index contributed by atoms with van der Waals surface area (Å²) in [6.07, 6.45) is 2.14. The maximum atomic E-state index is 5.86. The molecule has 0 saturated heterocycles. The van der Waals surface area contributed by atoms with Crippen LogP contribution in [0.2, 0.25) is 6.04 Å². The van der Waals surface area contributed by atoms with E-state index in [9.17, 15) is 0 Å². The summed E-state index contributed by atoms with van der Waals surface area (Å²) < 4.78 is 17.6. The molecule has 0 aliphatic heterocycles. The molecule has 1 heterocycles. The van der Waals surface area contributed by atoms with Gasteiger partial charge in [0.1, 0.15) is 0 Å². The number of hydrogen-bond donors (Lipinski definition) is 0. The number of hydrogen-bond acceptors (Lipinski definition) is 4. The zero-order valence-electron chi connectivity index (χ0n) is 12.5. The summed E-state index contributed by atoms with van der Waals surface area (Å²) in [7, 11) is -2.44. The Morgan fingerprint density at radius 1 is 1.05 bits per heavy atom. The molecule has 1 aromatic heterocycles. The largest absolute Gasteiger partial charge is 0.500 e. The summed E-state index contributed by atoms with van der Waals surface area (Å²) in [5, 5.41) is 2.16. The van der Waals surface area contributed by atoms with Gasteiger partial charge in [-0.3, -0.25) is 0 Å². The first-order valence-corrected chi connectivity index (χ1v) is 9.93. The Bertz CT molecular complexity index is 337. The molecule has 0 spiro atoms. The van der Waals surface area contributed by atoms with E-state index in [-0.39, 0.29) is 0 Å². The lowest BCUT2D eigenvalue weighted by atomic mass is 10.1. The highest BCUT2D eigenvalue weighted by molar-refractivity contribution is 7.10. The van der Waals surface area contributed by atoms with Crippen LogP contribution in [0.15, 0.2) is 11.4 Å². The van der Waals surface area contributed by atoms with E-state index in [1.807, 2.05) is 32.1 Å². The highest BCUT2D eigenvalue weighted by Gasteiger charge is 2.39. The first-order chi connectivity index (χ1) is 9.17. The normalized spacial score (nSPS) is 12.0. The Kier molecular flexibility index (Phi) is 7.86. The lowest BCUT2D eigenvalue weighted by molar-refractivity contribution is 0.0708. The fraction of sp³-hybridized carbons (Fsp3) is 0.714. The number of rotatable bonds is 10. The van der Waals surface area contributed by atoms with Crippen molar-refractivity contribution < 1.29 is 13.3 Å². The first-order valence-electron chi connectivity index (χ1n) is 7.12. The molecular formula is C14H26O3SSi. The molecule has 3 nitrogen and oxygen atoms in total. The number of aryl methyl sites for hydroxylation is 2. The van der Waals surface area contributed by atoms with Gasteiger partial charge in [-0.15, -0.1) is 11.3 Å². The zero-order chi connectivity index (χ0) is 14.1. The molecule has 0 bridgehead atoms. The van der Waals surface area contributed by atoms with Crippen molar-refractivity contribution in [3.8, 4) is 0 Å². The van der Waals surface area contributed by atoms with Crippen molar-refractivity contribution in [1.82, 2.24) is 0 Å². The summed E-state index contributed by atoms with van der Waals surface area (Å²) >= 11 is 1.81. The van der Waals surface area contributed by atoms with Crippen LogP contribution in [0.25, 0.3) is 0 Å². The molecule has 0 aromatic carbocycles. The topological polar surface area (TPSA) is 27.7 Å². The molecule has 0 radical (unpaired) electrons. The van der Waals surface area contributed by atoms with Crippen molar-refractivity contribution in [3.63, 3.8) is 0 Å². The molecule has 1 aromatic rings. The van der Waals surface area contributed by atoms with E-state index in [0.29, 0.717) is 19.8 Å². The van der Waals surface area contributed by atoms with Gasteiger partial charge in [-0.05, 0) is 57.5 Å². The highest BCUT2D eigenvalue weighted by Crippen LogP contribution is 2.22. The van der Waals surface area contributed by atoms with Crippen molar-refractivity contribution in [2.45, 2.75) is 46.6 Å². The van der Waals surface area contributed by atoms with Crippen LogP contribution in [-0.2, 0) is 19.7 Å². The molecule has 0 amide bonds. The molecule has 0 aliphatic carbocycles. The Hall–Kier alpha value is -0.203. The van der Waals surface area contributed by atoms with Gasteiger partial charge >= 0.3 is 8.80 Å². The van der Waals surface area contributed by atoms with E-state index in [4.69, 9.17) is 13.3 Å². The second-order valence-electron chi connectivity index (χ2n) is 4.34. The number of thiophene rings is 1. The van der Waals surface area contributed by atoms with E-state index >= 15 is 0 Å². The lowest BCUT2D eigenvalue weighted by Gasteiger charge is -2.28. The van der Waals surface area contributed by atoms with Gasteiger partial charge in [0.2, 0.25) is 0 Å². The Balaban J connectivity index is 2.53. The molecule has 0 N–H and O–H groups in total. The summed E-state index contributed by atoms with van der Waals surface area (Å²) in [6.45, 7) is 10.2. The van der Waals surface area contributed by atoms with E-state index in [1.54, 1.807) is 0 Å². The Labute approximate surface area is 122 Å². The molecule has 5 heteroatoms. The van der Waals surface area contributed by atoms with Crippen molar-refractivity contribution in [3.05, 3.63) is 21.9 Å². The van der Waals surface area contributed by atoms with Gasteiger partial charge in [0.25, 0.3) is 0 Å². The fourth-order valence-corrected chi connectivity index (χ4v) is 5.54. The van der Waals surface area contributed by atoms with Gasteiger partial charge < -0.3 is 13.3 Å². The van der Waals surface area contributed by atoms with Crippen molar-refractivity contribution in [2.75, 3.05) is 19.8 Å². The third-order valence-electron chi connectivity index (χ3n) is 2.99. The van der Waals surface area contributed by atoms with Crippen LogP contribution >= 0.6 is 11.3 Å². The molecule has 0 saturated carbocycles. The average Bonchev–Trinajstić information content (AvgIpc) is 2.76.